The van der Waals surface area contributed by atoms with Gasteiger partial charge < -0.3 is 9.47 Å². The smallest absolute Gasteiger partial charge is 0.339 e. The SMILES string of the molecule is COC(=O)c1ccccc1S(=O)(=O)N1CCC(C(=O)O[C@H](C)C(=O)c2ccc(F)cc2)CC1. The van der Waals surface area contributed by atoms with Gasteiger partial charge in [-0.2, -0.15) is 4.31 Å². The molecule has 1 aliphatic heterocycles. The summed E-state index contributed by atoms with van der Waals surface area (Å²) in [4.78, 5) is 36.8. The maximum absolute atomic E-state index is 13.1. The van der Waals surface area contributed by atoms with Crippen LogP contribution in [0.15, 0.2) is 53.4 Å². The van der Waals surface area contributed by atoms with Crippen LogP contribution in [0.3, 0.4) is 0 Å². The molecule has 1 saturated heterocycles. The van der Waals surface area contributed by atoms with Gasteiger partial charge in [0.25, 0.3) is 0 Å². The second-order valence-corrected chi connectivity index (χ2v) is 9.52. The second-order valence-electron chi connectivity index (χ2n) is 7.62. The largest absolute Gasteiger partial charge is 0.465 e. The van der Waals surface area contributed by atoms with Gasteiger partial charge in [-0.05, 0) is 56.2 Å². The molecule has 2 aromatic rings. The Bertz CT molecular complexity index is 1140. The fraction of sp³-hybridized carbons (Fsp3) is 0.348. The quantitative estimate of drug-likeness (QED) is 0.446. The van der Waals surface area contributed by atoms with E-state index < -0.39 is 45.6 Å². The first kappa shape index (κ1) is 24.5. The number of esters is 2. The summed E-state index contributed by atoms with van der Waals surface area (Å²) in [7, 11) is -2.81. The van der Waals surface area contributed by atoms with E-state index in [4.69, 9.17) is 4.74 Å². The van der Waals surface area contributed by atoms with Crippen LogP contribution in [0.2, 0.25) is 0 Å². The van der Waals surface area contributed by atoms with Crippen LogP contribution in [0.4, 0.5) is 4.39 Å². The molecule has 3 rings (SSSR count). The molecule has 0 amide bonds. The molecule has 0 unspecified atom stereocenters. The van der Waals surface area contributed by atoms with E-state index in [0.29, 0.717) is 0 Å². The Morgan fingerprint density at radius 3 is 2.24 bits per heavy atom. The lowest BCUT2D eigenvalue weighted by Crippen LogP contribution is -2.41. The third-order valence-electron chi connectivity index (χ3n) is 5.49. The topological polar surface area (TPSA) is 107 Å². The standard InChI is InChI=1S/C23H24FNO7S/c1-15(21(26)16-7-9-18(24)10-8-16)32-22(27)17-11-13-25(14-12-17)33(29,30)20-6-4-3-5-19(20)23(28)31-2/h3-10,15,17H,11-14H2,1-2H3/t15-/m1/s1. The molecule has 0 radical (unpaired) electrons. The molecule has 176 valence electrons. The first-order valence-corrected chi connectivity index (χ1v) is 11.8. The molecule has 10 heteroatoms. The number of piperidine rings is 1. The Hall–Kier alpha value is -3.11. The zero-order chi connectivity index (χ0) is 24.2. The lowest BCUT2D eigenvalue weighted by molar-refractivity contribution is -0.152. The highest BCUT2D eigenvalue weighted by Crippen LogP contribution is 2.27. The minimum Gasteiger partial charge on any atom is -0.465 e. The molecule has 0 spiro atoms. The molecule has 1 fully saturated rings. The van der Waals surface area contributed by atoms with Crippen molar-refractivity contribution in [2.45, 2.75) is 30.8 Å². The molecule has 2 aromatic carbocycles. The summed E-state index contributed by atoms with van der Waals surface area (Å²) in [5, 5.41) is 0. The minimum absolute atomic E-state index is 0.0535. The number of halogens is 1. The highest BCUT2D eigenvalue weighted by Gasteiger charge is 2.35. The van der Waals surface area contributed by atoms with E-state index in [0.717, 1.165) is 12.1 Å². The van der Waals surface area contributed by atoms with Gasteiger partial charge in [-0.1, -0.05) is 12.1 Å². The van der Waals surface area contributed by atoms with E-state index in [1.165, 1.54) is 48.7 Å². The number of rotatable bonds is 7. The van der Waals surface area contributed by atoms with Crippen LogP contribution in [0.25, 0.3) is 0 Å². The Morgan fingerprint density at radius 1 is 1.03 bits per heavy atom. The fourth-order valence-corrected chi connectivity index (χ4v) is 5.26. The fourth-order valence-electron chi connectivity index (χ4n) is 3.61. The van der Waals surface area contributed by atoms with Crippen LogP contribution in [0.1, 0.15) is 40.5 Å². The van der Waals surface area contributed by atoms with Crippen LogP contribution >= 0.6 is 0 Å². The van der Waals surface area contributed by atoms with Crippen molar-refractivity contribution >= 4 is 27.7 Å². The van der Waals surface area contributed by atoms with Gasteiger partial charge in [0, 0.05) is 18.7 Å². The average Bonchev–Trinajstić information content (AvgIpc) is 2.83. The van der Waals surface area contributed by atoms with Gasteiger partial charge in [0.15, 0.2) is 6.10 Å². The van der Waals surface area contributed by atoms with Gasteiger partial charge in [-0.15, -0.1) is 0 Å². The molecule has 0 aromatic heterocycles. The number of nitrogens with zero attached hydrogens (tertiary/aromatic N) is 1. The van der Waals surface area contributed by atoms with E-state index in [9.17, 15) is 27.2 Å². The van der Waals surface area contributed by atoms with Crippen LogP contribution in [-0.4, -0.2) is 56.7 Å². The summed E-state index contributed by atoms with van der Waals surface area (Å²) in [5.74, 6) is -2.86. The molecular weight excluding hydrogens is 453 g/mol. The number of carbonyl (C=O) groups is 3. The molecule has 33 heavy (non-hydrogen) atoms. The van der Waals surface area contributed by atoms with Gasteiger partial charge >= 0.3 is 11.9 Å². The van der Waals surface area contributed by atoms with E-state index in [1.54, 1.807) is 6.07 Å². The van der Waals surface area contributed by atoms with Crippen molar-refractivity contribution in [3.8, 4) is 0 Å². The third-order valence-corrected chi connectivity index (χ3v) is 7.45. The number of hydrogen-bond acceptors (Lipinski definition) is 7. The first-order chi connectivity index (χ1) is 15.6. The maximum Gasteiger partial charge on any atom is 0.339 e. The monoisotopic (exact) mass is 477 g/mol. The zero-order valence-electron chi connectivity index (χ0n) is 18.2. The van der Waals surface area contributed by atoms with Crippen LogP contribution in [-0.2, 0) is 24.3 Å². The van der Waals surface area contributed by atoms with Crippen LogP contribution in [0.5, 0.6) is 0 Å². The van der Waals surface area contributed by atoms with Crippen LogP contribution in [0, 0.1) is 11.7 Å². The first-order valence-electron chi connectivity index (χ1n) is 10.3. The molecule has 1 atom stereocenters. The highest BCUT2D eigenvalue weighted by molar-refractivity contribution is 7.89. The molecule has 0 N–H and O–H groups in total. The Balaban J connectivity index is 1.62. The Labute approximate surface area is 191 Å². The maximum atomic E-state index is 13.1. The van der Waals surface area contributed by atoms with E-state index in [-0.39, 0.29) is 42.0 Å². The van der Waals surface area contributed by atoms with Crippen molar-refractivity contribution in [2.75, 3.05) is 20.2 Å². The number of benzene rings is 2. The number of carbonyl (C=O) groups excluding carboxylic acids is 3. The lowest BCUT2D eigenvalue weighted by Gasteiger charge is -2.31. The molecule has 0 bridgehead atoms. The summed E-state index contributed by atoms with van der Waals surface area (Å²) >= 11 is 0. The number of Topliss-reactive ketones (excluding diaryl/α,β-unsaturated/α-hetero) is 1. The van der Waals surface area contributed by atoms with Crippen molar-refractivity contribution in [1.82, 2.24) is 4.31 Å². The molecule has 0 saturated carbocycles. The van der Waals surface area contributed by atoms with Crippen LogP contribution < -0.4 is 0 Å². The van der Waals surface area contributed by atoms with Gasteiger partial charge in [-0.3, -0.25) is 9.59 Å². The lowest BCUT2D eigenvalue weighted by atomic mass is 9.98. The van der Waals surface area contributed by atoms with Crippen molar-refractivity contribution in [1.29, 1.82) is 0 Å². The third kappa shape index (κ3) is 5.45. The summed E-state index contributed by atoms with van der Waals surface area (Å²) in [5.41, 5.74) is 0.163. The summed E-state index contributed by atoms with van der Waals surface area (Å²) in [6, 6.07) is 10.7. The number of methoxy groups -OCH3 is 1. The van der Waals surface area contributed by atoms with Crippen molar-refractivity contribution in [3.63, 3.8) is 0 Å². The van der Waals surface area contributed by atoms with Gasteiger partial charge in [0.1, 0.15) is 5.82 Å². The number of ketones is 1. The normalized spacial score (nSPS) is 16.1. The molecular formula is C23H24FNO7S. The molecule has 0 aliphatic carbocycles. The van der Waals surface area contributed by atoms with Crippen molar-refractivity contribution in [3.05, 3.63) is 65.5 Å². The molecule has 8 nitrogen and oxygen atoms in total. The summed E-state index contributed by atoms with van der Waals surface area (Å²) < 4.78 is 50.4. The summed E-state index contributed by atoms with van der Waals surface area (Å²) in [6.45, 7) is 1.54. The number of hydrogen-bond donors (Lipinski definition) is 0. The highest BCUT2D eigenvalue weighted by atomic mass is 32.2. The Kier molecular flexibility index (Phi) is 7.60. The van der Waals surface area contributed by atoms with E-state index in [2.05, 4.69) is 4.74 Å². The predicted molar refractivity (Wildman–Crippen MR) is 116 cm³/mol. The van der Waals surface area contributed by atoms with Gasteiger partial charge in [0.2, 0.25) is 15.8 Å². The van der Waals surface area contributed by atoms with Crippen molar-refractivity contribution in [2.24, 2.45) is 5.92 Å². The van der Waals surface area contributed by atoms with Gasteiger partial charge in [0.05, 0.1) is 23.5 Å². The number of sulfonamides is 1. The Morgan fingerprint density at radius 2 is 1.64 bits per heavy atom. The average molecular weight is 478 g/mol. The molecule has 1 heterocycles. The molecule has 1 aliphatic rings. The minimum atomic E-state index is -3.98. The zero-order valence-corrected chi connectivity index (χ0v) is 19.0. The second kappa shape index (κ2) is 10.2. The van der Waals surface area contributed by atoms with Gasteiger partial charge in [-0.25, -0.2) is 17.6 Å². The predicted octanol–water partition coefficient (Wildman–Crippen LogP) is 2.83. The van der Waals surface area contributed by atoms with E-state index in [1.807, 2.05) is 0 Å². The van der Waals surface area contributed by atoms with Crippen molar-refractivity contribution < 1.29 is 36.7 Å². The summed E-state index contributed by atoms with van der Waals surface area (Å²) in [6.07, 6.45) is -0.650. The van der Waals surface area contributed by atoms with E-state index >= 15 is 0 Å². The number of ether oxygens (including phenoxy) is 2.